The summed E-state index contributed by atoms with van der Waals surface area (Å²) in [6.45, 7) is 0.126. The minimum absolute atomic E-state index is 0.00467. The van der Waals surface area contributed by atoms with Crippen molar-refractivity contribution in [1.29, 1.82) is 0 Å². The smallest absolute Gasteiger partial charge is 0.272 e. The monoisotopic (exact) mass is 284 g/mol. The van der Waals surface area contributed by atoms with Gasteiger partial charge in [0.15, 0.2) is 5.69 Å². The average molecular weight is 284 g/mol. The lowest BCUT2D eigenvalue weighted by Crippen LogP contribution is -2.69. The number of alkyl halides is 6. The van der Waals surface area contributed by atoms with Crippen LogP contribution in [0.15, 0.2) is 12.3 Å². The van der Waals surface area contributed by atoms with E-state index in [0.717, 1.165) is 10.7 Å². The van der Waals surface area contributed by atoms with Gasteiger partial charge in [-0.25, -0.2) is 0 Å². The quantitative estimate of drug-likeness (QED) is 0.758. The SMILES string of the molecule is FC(F)(F)c1ccn(CC23CC(C(F)(F)F)(C2)C3)n1. The van der Waals surface area contributed by atoms with E-state index in [1.807, 2.05) is 0 Å². The topological polar surface area (TPSA) is 17.8 Å². The molecular weight excluding hydrogens is 274 g/mol. The maximum atomic E-state index is 12.6. The maximum Gasteiger partial charge on any atom is 0.435 e. The van der Waals surface area contributed by atoms with Crippen LogP contribution >= 0.6 is 0 Å². The number of hydrogen-bond acceptors (Lipinski definition) is 1. The Balaban J connectivity index is 1.66. The molecule has 0 aliphatic heterocycles. The third kappa shape index (κ3) is 1.75. The molecule has 3 aliphatic carbocycles. The molecule has 1 aromatic rings. The fourth-order valence-corrected chi connectivity index (χ4v) is 3.41. The molecule has 1 heterocycles. The van der Waals surface area contributed by atoms with Crippen LogP contribution in [0.5, 0.6) is 0 Å². The highest BCUT2D eigenvalue weighted by molar-refractivity contribution is 5.20. The maximum absolute atomic E-state index is 12.6. The summed E-state index contributed by atoms with van der Waals surface area (Å²) in [5.41, 5.74) is -3.10. The first-order valence-electron chi connectivity index (χ1n) is 5.73. The van der Waals surface area contributed by atoms with E-state index in [2.05, 4.69) is 5.10 Å². The van der Waals surface area contributed by atoms with Crippen molar-refractivity contribution >= 4 is 0 Å². The second-order valence-corrected chi connectivity index (χ2v) is 5.70. The molecule has 3 aliphatic rings. The van der Waals surface area contributed by atoms with Crippen molar-refractivity contribution in [3.05, 3.63) is 18.0 Å². The Hall–Kier alpha value is -1.21. The summed E-state index contributed by atoms with van der Waals surface area (Å²) in [6, 6.07) is 0.838. The summed E-state index contributed by atoms with van der Waals surface area (Å²) in [6.07, 6.45) is -7.53. The van der Waals surface area contributed by atoms with Crippen molar-refractivity contribution < 1.29 is 26.3 Å². The number of aromatic nitrogens is 2. The summed E-state index contributed by atoms with van der Waals surface area (Å²) in [5, 5.41) is 3.37. The van der Waals surface area contributed by atoms with Gasteiger partial charge in [-0.1, -0.05) is 0 Å². The molecule has 3 fully saturated rings. The molecule has 0 unspecified atom stereocenters. The number of halogens is 6. The normalized spacial score (nSPS) is 33.8. The van der Waals surface area contributed by atoms with Crippen LogP contribution in [0.2, 0.25) is 0 Å². The minimum Gasteiger partial charge on any atom is -0.272 e. The van der Waals surface area contributed by atoms with E-state index in [1.165, 1.54) is 6.20 Å². The van der Waals surface area contributed by atoms with Crippen LogP contribution in [0.3, 0.4) is 0 Å². The number of nitrogens with zero attached hydrogens (tertiary/aromatic N) is 2. The summed E-state index contributed by atoms with van der Waals surface area (Å²) in [4.78, 5) is 0. The highest BCUT2D eigenvalue weighted by Crippen LogP contribution is 2.78. The molecule has 0 amide bonds. The molecule has 0 aromatic carbocycles. The van der Waals surface area contributed by atoms with Crippen LogP contribution in [-0.2, 0) is 12.7 Å². The number of rotatable bonds is 2. The molecule has 19 heavy (non-hydrogen) atoms. The Morgan fingerprint density at radius 3 is 2.11 bits per heavy atom. The lowest BCUT2D eigenvalue weighted by Gasteiger charge is -2.70. The van der Waals surface area contributed by atoms with Crippen LogP contribution in [-0.4, -0.2) is 16.0 Å². The van der Waals surface area contributed by atoms with Gasteiger partial charge in [-0.2, -0.15) is 31.4 Å². The van der Waals surface area contributed by atoms with E-state index in [0.29, 0.717) is 0 Å². The van der Waals surface area contributed by atoms with E-state index in [-0.39, 0.29) is 25.8 Å². The first-order valence-corrected chi connectivity index (χ1v) is 5.73. The molecule has 2 nitrogen and oxygen atoms in total. The van der Waals surface area contributed by atoms with Gasteiger partial charge in [0.1, 0.15) is 0 Å². The van der Waals surface area contributed by atoms with Crippen LogP contribution < -0.4 is 0 Å². The van der Waals surface area contributed by atoms with Gasteiger partial charge in [0.05, 0.1) is 5.41 Å². The van der Waals surface area contributed by atoms with Gasteiger partial charge < -0.3 is 0 Å². The zero-order chi connectivity index (χ0) is 14.1. The lowest BCUT2D eigenvalue weighted by atomic mass is 9.35. The Kier molecular flexibility index (Phi) is 2.20. The van der Waals surface area contributed by atoms with Crippen molar-refractivity contribution in [1.82, 2.24) is 9.78 Å². The van der Waals surface area contributed by atoms with Crippen LogP contribution in [0.4, 0.5) is 26.3 Å². The zero-order valence-electron chi connectivity index (χ0n) is 9.65. The molecule has 2 bridgehead atoms. The molecule has 8 heteroatoms. The van der Waals surface area contributed by atoms with Gasteiger partial charge >= 0.3 is 12.4 Å². The highest BCUT2D eigenvalue weighted by Gasteiger charge is 2.78. The van der Waals surface area contributed by atoms with Gasteiger partial charge in [-0.3, -0.25) is 4.68 Å². The summed E-state index contributed by atoms with van der Waals surface area (Å²) >= 11 is 0. The Labute approximate surface area is 104 Å². The molecule has 0 spiro atoms. The van der Waals surface area contributed by atoms with Crippen molar-refractivity contribution in [2.45, 2.75) is 38.2 Å². The summed E-state index contributed by atoms with van der Waals surface area (Å²) < 4.78 is 76.0. The number of hydrogen-bond donors (Lipinski definition) is 0. The lowest BCUT2D eigenvalue weighted by molar-refractivity contribution is -0.366. The first kappa shape index (κ1) is 12.8. The van der Waals surface area contributed by atoms with E-state index in [4.69, 9.17) is 0 Å². The molecule has 4 rings (SSSR count). The second-order valence-electron chi connectivity index (χ2n) is 5.70. The molecule has 0 atom stereocenters. The van der Waals surface area contributed by atoms with E-state index in [9.17, 15) is 26.3 Å². The highest BCUT2D eigenvalue weighted by atomic mass is 19.4. The fourth-order valence-electron chi connectivity index (χ4n) is 3.41. The van der Waals surface area contributed by atoms with Crippen LogP contribution in [0, 0.1) is 10.8 Å². The predicted molar refractivity (Wildman–Crippen MR) is 52.0 cm³/mol. The summed E-state index contributed by atoms with van der Waals surface area (Å²) in [5.74, 6) is 0. The summed E-state index contributed by atoms with van der Waals surface area (Å²) in [7, 11) is 0. The predicted octanol–water partition coefficient (Wildman–Crippen LogP) is 3.63. The zero-order valence-corrected chi connectivity index (χ0v) is 9.65. The van der Waals surface area contributed by atoms with E-state index < -0.39 is 28.9 Å². The van der Waals surface area contributed by atoms with Crippen LogP contribution in [0.25, 0.3) is 0 Å². The standard InChI is InChI=1S/C11H10F6N2/c12-10(13,14)7-1-2-19(18-7)6-8-3-9(4-8,5-8)11(15,16)17/h1-2H,3-6H2. The molecule has 0 radical (unpaired) electrons. The Morgan fingerprint density at radius 1 is 1.11 bits per heavy atom. The molecule has 0 saturated heterocycles. The average Bonchev–Trinajstić information content (AvgIpc) is 2.53. The fraction of sp³-hybridized carbons (Fsp3) is 0.727. The van der Waals surface area contributed by atoms with Gasteiger partial charge in [0.25, 0.3) is 0 Å². The molecule has 3 saturated carbocycles. The molecular formula is C11H10F6N2. The van der Waals surface area contributed by atoms with Gasteiger partial charge in [0, 0.05) is 12.7 Å². The largest absolute Gasteiger partial charge is 0.435 e. The minimum atomic E-state index is -4.52. The van der Waals surface area contributed by atoms with E-state index >= 15 is 0 Å². The van der Waals surface area contributed by atoms with Crippen molar-refractivity contribution in [3.63, 3.8) is 0 Å². The van der Waals surface area contributed by atoms with E-state index in [1.54, 1.807) is 0 Å². The molecule has 106 valence electrons. The second kappa shape index (κ2) is 3.27. The Morgan fingerprint density at radius 2 is 1.68 bits per heavy atom. The van der Waals surface area contributed by atoms with Gasteiger partial charge in [-0.15, -0.1) is 0 Å². The third-order valence-corrected chi connectivity index (χ3v) is 4.17. The van der Waals surface area contributed by atoms with Gasteiger partial charge in [0.2, 0.25) is 0 Å². The van der Waals surface area contributed by atoms with Crippen molar-refractivity contribution in [3.8, 4) is 0 Å². The van der Waals surface area contributed by atoms with Crippen LogP contribution in [0.1, 0.15) is 25.0 Å². The molecule has 1 aromatic heterocycles. The van der Waals surface area contributed by atoms with Crippen molar-refractivity contribution in [2.75, 3.05) is 0 Å². The first-order chi connectivity index (χ1) is 8.55. The van der Waals surface area contributed by atoms with Gasteiger partial charge in [-0.05, 0) is 30.7 Å². The van der Waals surface area contributed by atoms with Crippen molar-refractivity contribution in [2.24, 2.45) is 10.8 Å². The third-order valence-electron chi connectivity index (χ3n) is 4.17. The Bertz CT molecular complexity index is 492. The molecule has 0 N–H and O–H groups in total.